The molecule has 0 atom stereocenters. The van der Waals surface area contributed by atoms with E-state index in [0.717, 1.165) is 10.2 Å². The second kappa shape index (κ2) is 6.48. The number of benzene rings is 1. The lowest BCUT2D eigenvalue weighted by molar-refractivity contribution is -0.117. The maximum absolute atomic E-state index is 12.5. The molecular formula is C16H16N4O3S. The van der Waals surface area contributed by atoms with E-state index in [1.807, 2.05) is 25.1 Å². The first-order valence-corrected chi connectivity index (χ1v) is 8.30. The highest BCUT2D eigenvalue weighted by Gasteiger charge is 2.26. The van der Waals surface area contributed by atoms with Crippen molar-refractivity contribution in [1.82, 2.24) is 9.78 Å². The van der Waals surface area contributed by atoms with Crippen LogP contribution in [0.3, 0.4) is 0 Å². The van der Waals surface area contributed by atoms with Gasteiger partial charge < -0.3 is 10.2 Å². The summed E-state index contributed by atoms with van der Waals surface area (Å²) in [5.74, 6) is -0.221. The Labute approximate surface area is 142 Å². The summed E-state index contributed by atoms with van der Waals surface area (Å²) in [6.07, 6.45) is 1.52. The van der Waals surface area contributed by atoms with Gasteiger partial charge in [-0.25, -0.2) is 4.68 Å². The number of rotatable bonds is 3. The van der Waals surface area contributed by atoms with Gasteiger partial charge in [0.1, 0.15) is 12.2 Å². The van der Waals surface area contributed by atoms with E-state index in [2.05, 4.69) is 10.4 Å². The first-order valence-electron chi connectivity index (χ1n) is 7.31. The van der Waals surface area contributed by atoms with Gasteiger partial charge in [-0.05, 0) is 24.6 Å². The van der Waals surface area contributed by atoms with Crippen LogP contribution in [-0.2, 0) is 16.1 Å². The first kappa shape index (κ1) is 16.3. The molecule has 0 bridgehead atoms. The summed E-state index contributed by atoms with van der Waals surface area (Å²) in [6, 6.07) is 7.38. The van der Waals surface area contributed by atoms with E-state index in [-0.39, 0.29) is 29.8 Å². The SMILES string of the molecule is Cc1cccc(NC(=O)Cn2ncc3c(c2=O)N(C)C(=O)CS3)c1. The van der Waals surface area contributed by atoms with Gasteiger partial charge in [-0.2, -0.15) is 5.10 Å². The lowest BCUT2D eigenvalue weighted by atomic mass is 10.2. The van der Waals surface area contributed by atoms with E-state index in [9.17, 15) is 14.4 Å². The largest absolute Gasteiger partial charge is 0.324 e. The third-order valence-electron chi connectivity index (χ3n) is 3.64. The van der Waals surface area contributed by atoms with Crippen molar-refractivity contribution in [3.63, 3.8) is 0 Å². The number of carbonyl (C=O) groups is 2. The lowest BCUT2D eigenvalue weighted by Crippen LogP contribution is -2.40. The molecule has 1 N–H and O–H groups in total. The fraction of sp³-hybridized carbons (Fsp3) is 0.250. The third-order valence-corrected chi connectivity index (χ3v) is 4.64. The minimum Gasteiger partial charge on any atom is -0.324 e. The molecule has 3 rings (SSSR count). The molecule has 7 nitrogen and oxygen atoms in total. The molecule has 1 aliphatic heterocycles. The van der Waals surface area contributed by atoms with Crippen LogP contribution in [0.15, 0.2) is 40.2 Å². The number of thioether (sulfide) groups is 1. The third kappa shape index (κ3) is 3.18. The molecule has 1 aliphatic rings. The highest BCUT2D eigenvalue weighted by molar-refractivity contribution is 8.00. The summed E-state index contributed by atoms with van der Waals surface area (Å²) in [5.41, 5.74) is 1.51. The van der Waals surface area contributed by atoms with Crippen molar-refractivity contribution in [3.8, 4) is 0 Å². The van der Waals surface area contributed by atoms with Crippen LogP contribution in [0.5, 0.6) is 0 Å². The monoisotopic (exact) mass is 344 g/mol. The minimum atomic E-state index is -0.449. The molecular weight excluding hydrogens is 328 g/mol. The molecule has 1 aromatic carbocycles. The van der Waals surface area contributed by atoms with E-state index >= 15 is 0 Å². The van der Waals surface area contributed by atoms with Crippen molar-refractivity contribution in [2.45, 2.75) is 18.4 Å². The zero-order valence-electron chi connectivity index (χ0n) is 13.3. The van der Waals surface area contributed by atoms with Crippen LogP contribution in [0, 0.1) is 6.92 Å². The summed E-state index contributed by atoms with van der Waals surface area (Å²) in [5, 5.41) is 6.77. The normalized spacial score (nSPS) is 13.6. The number of hydrogen-bond acceptors (Lipinski definition) is 5. The van der Waals surface area contributed by atoms with Gasteiger partial charge in [-0.3, -0.25) is 14.4 Å². The molecule has 8 heteroatoms. The quantitative estimate of drug-likeness (QED) is 0.906. The van der Waals surface area contributed by atoms with Gasteiger partial charge in [-0.15, -0.1) is 11.8 Å². The Morgan fingerprint density at radius 2 is 2.17 bits per heavy atom. The number of amides is 2. The summed E-state index contributed by atoms with van der Waals surface area (Å²) < 4.78 is 1.07. The lowest BCUT2D eigenvalue weighted by Gasteiger charge is -2.24. The summed E-state index contributed by atoms with van der Waals surface area (Å²) >= 11 is 1.28. The molecule has 124 valence electrons. The van der Waals surface area contributed by atoms with Crippen LogP contribution in [0.25, 0.3) is 0 Å². The van der Waals surface area contributed by atoms with Gasteiger partial charge in [0.15, 0.2) is 0 Å². The van der Waals surface area contributed by atoms with Gasteiger partial charge >= 0.3 is 0 Å². The zero-order valence-corrected chi connectivity index (χ0v) is 14.1. The highest BCUT2D eigenvalue weighted by Crippen LogP contribution is 2.30. The predicted molar refractivity (Wildman–Crippen MR) is 92.4 cm³/mol. The van der Waals surface area contributed by atoms with E-state index in [1.54, 1.807) is 13.1 Å². The Balaban J connectivity index is 1.82. The van der Waals surface area contributed by atoms with Gasteiger partial charge in [0.25, 0.3) is 5.56 Å². The molecule has 2 heterocycles. The topological polar surface area (TPSA) is 84.3 Å². The minimum absolute atomic E-state index is 0.147. The van der Waals surface area contributed by atoms with Crippen molar-refractivity contribution < 1.29 is 9.59 Å². The van der Waals surface area contributed by atoms with Crippen LogP contribution in [0.2, 0.25) is 0 Å². The molecule has 0 aliphatic carbocycles. The van der Waals surface area contributed by atoms with E-state index < -0.39 is 5.56 Å². The number of nitrogens with zero attached hydrogens (tertiary/aromatic N) is 3. The molecule has 2 aromatic rings. The fourth-order valence-electron chi connectivity index (χ4n) is 2.41. The van der Waals surface area contributed by atoms with Crippen LogP contribution < -0.4 is 15.8 Å². The smallest absolute Gasteiger partial charge is 0.292 e. The molecule has 0 spiro atoms. The van der Waals surface area contributed by atoms with Crippen molar-refractivity contribution >= 4 is 35.0 Å². The Morgan fingerprint density at radius 1 is 1.38 bits per heavy atom. The second-order valence-electron chi connectivity index (χ2n) is 5.48. The Hall–Kier alpha value is -2.61. The predicted octanol–water partition coefficient (Wildman–Crippen LogP) is 1.26. The Kier molecular flexibility index (Phi) is 4.39. The molecule has 0 radical (unpaired) electrons. The van der Waals surface area contributed by atoms with E-state index in [0.29, 0.717) is 10.6 Å². The van der Waals surface area contributed by atoms with Crippen LogP contribution in [-0.4, -0.2) is 34.4 Å². The van der Waals surface area contributed by atoms with Gasteiger partial charge in [0.05, 0.1) is 16.8 Å². The maximum atomic E-state index is 12.5. The van der Waals surface area contributed by atoms with Crippen molar-refractivity contribution in [1.29, 1.82) is 0 Å². The first-order chi connectivity index (χ1) is 11.5. The second-order valence-corrected chi connectivity index (χ2v) is 6.50. The summed E-state index contributed by atoms with van der Waals surface area (Å²) in [6.45, 7) is 1.71. The Morgan fingerprint density at radius 3 is 2.92 bits per heavy atom. The number of fused-ring (bicyclic) bond motifs is 1. The number of carbonyl (C=O) groups excluding carboxylic acids is 2. The van der Waals surface area contributed by atoms with Crippen molar-refractivity contribution in [2.75, 3.05) is 23.0 Å². The fourth-order valence-corrected chi connectivity index (χ4v) is 3.37. The van der Waals surface area contributed by atoms with Gasteiger partial charge in [0.2, 0.25) is 11.8 Å². The number of aromatic nitrogens is 2. The molecule has 0 saturated carbocycles. The number of aryl methyl sites for hydroxylation is 1. The number of nitrogens with one attached hydrogen (secondary N) is 1. The number of hydrogen-bond donors (Lipinski definition) is 1. The standard InChI is InChI=1S/C16H16N4O3S/c1-10-4-3-5-11(6-10)18-13(21)8-20-16(23)15-12(7-17-20)24-9-14(22)19(15)2/h3-7H,8-9H2,1-2H3,(H,18,21). The highest BCUT2D eigenvalue weighted by atomic mass is 32.2. The average molecular weight is 344 g/mol. The zero-order chi connectivity index (χ0) is 17.3. The van der Waals surface area contributed by atoms with E-state index in [1.165, 1.54) is 22.9 Å². The van der Waals surface area contributed by atoms with Crippen LogP contribution in [0.4, 0.5) is 11.4 Å². The molecule has 0 saturated heterocycles. The molecule has 0 fully saturated rings. The van der Waals surface area contributed by atoms with Crippen LogP contribution >= 0.6 is 11.8 Å². The molecule has 0 unspecified atom stereocenters. The van der Waals surface area contributed by atoms with Gasteiger partial charge in [-0.1, -0.05) is 12.1 Å². The number of anilines is 2. The molecule has 24 heavy (non-hydrogen) atoms. The summed E-state index contributed by atoms with van der Waals surface area (Å²) in [4.78, 5) is 38.4. The van der Waals surface area contributed by atoms with Crippen LogP contribution in [0.1, 0.15) is 5.56 Å². The Bertz CT molecular complexity index is 878. The van der Waals surface area contributed by atoms with Crippen molar-refractivity contribution in [3.05, 3.63) is 46.4 Å². The van der Waals surface area contributed by atoms with Gasteiger partial charge in [0, 0.05) is 12.7 Å². The summed E-state index contributed by atoms with van der Waals surface area (Å²) in [7, 11) is 1.56. The molecule has 1 aromatic heterocycles. The molecule has 2 amide bonds. The maximum Gasteiger partial charge on any atom is 0.292 e. The van der Waals surface area contributed by atoms with Crippen molar-refractivity contribution in [2.24, 2.45) is 0 Å². The average Bonchev–Trinajstić information content (AvgIpc) is 2.53. The van der Waals surface area contributed by atoms with E-state index in [4.69, 9.17) is 0 Å².